The second-order valence-corrected chi connectivity index (χ2v) is 8.64. The van der Waals surface area contributed by atoms with Crippen molar-refractivity contribution in [3.8, 4) is 0 Å². The smallest absolute Gasteiger partial charge is 0.408 e. The maximum Gasteiger partial charge on any atom is 0.408 e. The molecule has 1 rings (SSSR count). The first-order valence-corrected chi connectivity index (χ1v) is 9.32. The van der Waals surface area contributed by atoms with Gasteiger partial charge in [0.05, 0.1) is 0 Å². The third kappa shape index (κ3) is 8.15. The van der Waals surface area contributed by atoms with Gasteiger partial charge in [-0.25, -0.2) is 4.79 Å². The summed E-state index contributed by atoms with van der Waals surface area (Å²) < 4.78 is 6.41. The molecule has 0 aliphatic rings. The molecular weight excluding hydrogens is 368 g/mol. The minimum atomic E-state index is -0.479. The lowest BCUT2D eigenvalue weighted by molar-refractivity contribution is 0.0468. The number of hydrogen-bond donors (Lipinski definition) is 2. The van der Waals surface area contributed by atoms with Gasteiger partial charge in [0.15, 0.2) is 0 Å². The number of alkyl carbamates (subject to hydrolysis) is 1. The number of halogens is 1. The van der Waals surface area contributed by atoms with E-state index in [2.05, 4.69) is 57.8 Å². The Kier molecular flexibility index (Phi) is 7.74. The molecule has 1 unspecified atom stereocenters. The summed E-state index contributed by atoms with van der Waals surface area (Å²) in [5.41, 5.74) is 0.472. The summed E-state index contributed by atoms with van der Waals surface area (Å²) in [6.45, 7) is 12.6. The van der Waals surface area contributed by atoms with Crippen LogP contribution < -0.4 is 10.6 Å². The number of benzene rings is 1. The Bertz CT molecular complexity index is 521. The van der Waals surface area contributed by atoms with Gasteiger partial charge in [-0.2, -0.15) is 0 Å². The van der Waals surface area contributed by atoms with E-state index in [1.54, 1.807) is 0 Å². The van der Waals surface area contributed by atoms with Crippen molar-refractivity contribution in [3.63, 3.8) is 0 Å². The van der Waals surface area contributed by atoms with E-state index >= 15 is 0 Å². The molecule has 1 aromatic rings. The molecule has 0 heterocycles. The number of carbonyl (C=O) groups is 1. The molecule has 0 aliphatic carbocycles. The first-order valence-electron chi connectivity index (χ1n) is 8.52. The van der Waals surface area contributed by atoms with Crippen LogP contribution in [0.25, 0.3) is 0 Å². The van der Waals surface area contributed by atoms with Gasteiger partial charge in [0, 0.05) is 16.1 Å². The van der Waals surface area contributed by atoms with Gasteiger partial charge in [0.1, 0.15) is 5.60 Å². The number of carbonyl (C=O) groups excluding carboxylic acids is 1. The predicted octanol–water partition coefficient (Wildman–Crippen LogP) is 5.18. The Labute approximate surface area is 154 Å². The molecule has 0 saturated heterocycles. The highest BCUT2D eigenvalue weighted by atomic mass is 79.9. The quantitative estimate of drug-likeness (QED) is 0.664. The molecule has 5 heteroatoms. The lowest BCUT2D eigenvalue weighted by atomic mass is 9.99. The first-order chi connectivity index (χ1) is 11.0. The molecule has 0 fully saturated rings. The molecule has 2 N–H and O–H groups in total. The lowest BCUT2D eigenvalue weighted by Crippen LogP contribution is -2.47. The third-order valence-electron chi connectivity index (χ3n) is 3.66. The Morgan fingerprint density at radius 2 is 1.75 bits per heavy atom. The minimum Gasteiger partial charge on any atom is -0.444 e. The van der Waals surface area contributed by atoms with Crippen molar-refractivity contribution in [1.29, 1.82) is 0 Å². The van der Waals surface area contributed by atoms with Crippen molar-refractivity contribution in [3.05, 3.63) is 34.3 Å². The predicted molar refractivity (Wildman–Crippen MR) is 103 cm³/mol. The summed E-state index contributed by atoms with van der Waals surface area (Å²) in [6.07, 6.45) is 1.47. The Balaban J connectivity index is 2.48. The summed E-state index contributed by atoms with van der Waals surface area (Å²) in [5, 5.41) is 6.52. The molecule has 0 bridgehead atoms. The van der Waals surface area contributed by atoms with Crippen molar-refractivity contribution in [1.82, 2.24) is 10.6 Å². The normalized spacial score (nSPS) is 13.5. The van der Waals surface area contributed by atoms with Gasteiger partial charge in [-0.05, 0) is 71.7 Å². The van der Waals surface area contributed by atoms with Crippen molar-refractivity contribution in [2.75, 3.05) is 6.54 Å². The molecule has 4 nitrogen and oxygen atoms in total. The number of nitrogens with one attached hydrogen (secondary N) is 2. The highest BCUT2D eigenvalue weighted by Crippen LogP contribution is 2.20. The van der Waals surface area contributed by atoms with E-state index in [0.29, 0.717) is 6.04 Å². The molecule has 0 radical (unpaired) electrons. The van der Waals surface area contributed by atoms with E-state index in [0.717, 1.165) is 23.9 Å². The zero-order valence-corrected chi connectivity index (χ0v) is 17.3. The van der Waals surface area contributed by atoms with Gasteiger partial charge in [0.25, 0.3) is 0 Å². The maximum absolute atomic E-state index is 11.9. The maximum atomic E-state index is 11.9. The van der Waals surface area contributed by atoms with Crippen LogP contribution in [0.2, 0.25) is 0 Å². The highest BCUT2D eigenvalue weighted by molar-refractivity contribution is 9.10. The average molecular weight is 399 g/mol. The van der Waals surface area contributed by atoms with Crippen LogP contribution in [-0.2, 0) is 4.74 Å². The Morgan fingerprint density at radius 1 is 1.17 bits per heavy atom. The van der Waals surface area contributed by atoms with E-state index in [1.165, 1.54) is 5.56 Å². The van der Waals surface area contributed by atoms with Crippen LogP contribution in [0, 0.1) is 0 Å². The van der Waals surface area contributed by atoms with Crippen LogP contribution in [-0.4, -0.2) is 23.8 Å². The van der Waals surface area contributed by atoms with Crippen molar-refractivity contribution >= 4 is 22.0 Å². The van der Waals surface area contributed by atoms with E-state index in [4.69, 9.17) is 4.74 Å². The summed E-state index contributed by atoms with van der Waals surface area (Å²) in [4.78, 5) is 11.9. The molecule has 24 heavy (non-hydrogen) atoms. The molecular formula is C19H31BrN2O2. The average Bonchev–Trinajstić information content (AvgIpc) is 2.42. The molecule has 1 aromatic carbocycles. The van der Waals surface area contributed by atoms with Gasteiger partial charge in [0.2, 0.25) is 0 Å². The molecule has 0 aliphatic heterocycles. The molecule has 0 spiro atoms. The number of rotatable bonds is 7. The van der Waals surface area contributed by atoms with Crippen molar-refractivity contribution < 1.29 is 9.53 Å². The number of ether oxygens (including phenoxy) is 1. The first kappa shape index (κ1) is 21.0. The molecule has 0 saturated carbocycles. The van der Waals surface area contributed by atoms with E-state index in [9.17, 15) is 4.79 Å². The zero-order chi connectivity index (χ0) is 18.4. The Morgan fingerprint density at radius 3 is 2.25 bits per heavy atom. The largest absolute Gasteiger partial charge is 0.444 e. The van der Waals surface area contributed by atoms with Crippen LogP contribution >= 0.6 is 15.9 Å². The van der Waals surface area contributed by atoms with E-state index in [-0.39, 0.29) is 11.6 Å². The highest BCUT2D eigenvalue weighted by Gasteiger charge is 2.24. The second kappa shape index (κ2) is 8.86. The van der Waals surface area contributed by atoms with Crippen LogP contribution in [0.1, 0.15) is 66.0 Å². The van der Waals surface area contributed by atoms with Gasteiger partial charge in [-0.3, -0.25) is 0 Å². The second-order valence-electron chi connectivity index (χ2n) is 7.73. The summed E-state index contributed by atoms with van der Waals surface area (Å²) in [7, 11) is 0. The fourth-order valence-corrected chi connectivity index (χ4v) is 2.66. The lowest BCUT2D eigenvalue weighted by Gasteiger charge is -2.29. The molecule has 1 atom stereocenters. The molecule has 1 amide bonds. The fraction of sp³-hybridized carbons (Fsp3) is 0.632. The van der Waals surface area contributed by atoms with Gasteiger partial charge in [-0.1, -0.05) is 35.0 Å². The van der Waals surface area contributed by atoms with E-state index in [1.807, 2.05) is 34.6 Å². The van der Waals surface area contributed by atoms with Crippen LogP contribution in [0.3, 0.4) is 0 Å². The fourth-order valence-electron chi connectivity index (χ4n) is 2.39. The molecule has 0 aromatic heterocycles. The summed E-state index contributed by atoms with van der Waals surface area (Å²) in [6, 6.07) is 8.71. The van der Waals surface area contributed by atoms with Crippen molar-refractivity contribution in [2.45, 2.75) is 71.6 Å². The zero-order valence-electron chi connectivity index (χ0n) is 15.7. The van der Waals surface area contributed by atoms with Gasteiger partial charge >= 0.3 is 6.09 Å². The van der Waals surface area contributed by atoms with Gasteiger partial charge < -0.3 is 15.4 Å². The third-order valence-corrected chi connectivity index (χ3v) is 4.19. The van der Waals surface area contributed by atoms with Gasteiger partial charge in [-0.15, -0.1) is 0 Å². The number of amides is 1. The molecule has 136 valence electrons. The van der Waals surface area contributed by atoms with Crippen LogP contribution in [0.15, 0.2) is 28.7 Å². The summed E-state index contributed by atoms with van der Waals surface area (Å²) in [5.74, 6) is 0. The van der Waals surface area contributed by atoms with E-state index < -0.39 is 5.60 Å². The summed E-state index contributed by atoms with van der Waals surface area (Å²) >= 11 is 3.47. The minimum absolute atomic E-state index is 0.315. The monoisotopic (exact) mass is 398 g/mol. The Hall–Kier alpha value is -1.07. The topological polar surface area (TPSA) is 50.4 Å². The van der Waals surface area contributed by atoms with Crippen molar-refractivity contribution in [2.24, 2.45) is 0 Å². The number of hydrogen-bond acceptors (Lipinski definition) is 3. The SMILES string of the molecule is CCC(NCCC(C)(C)NC(=O)OC(C)(C)C)c1ccc(Br)cc1. The van der Waals surface area contributed by atoms with Crippen LogP contribution in [0.4, 0.5) is 4.79 Å². The standard InChI is InChI=1S/C19H31BrN2O2/c1-7-16(14-8-10-15(20)11-9-14)21-13-12-19(5,6)22-17(23)24-18(2,3)4/h8-11,16,21H,7,12-13H2,1-6H3,(H,22,23). The van der Waals surface area contributed by atoms with Crippen LogP contribution in [0.5, 0.6) is 0 Å².